The summed E-state index contributed by atoms with van der Waals surface area (Å²) in [6.45, 7) is 0. The Hall–Kier alpha value is -6.06. The fourth-order valence-corrected chi connectivity index (χ4v) is 7.08. The SMILES string of the molecule is CO[n+]1ccc(-c2c3nc(c(-c4cc[n+](OC)cc4)c4ccc([nH]4)c(-c4cc[n+](OC)cc4)c4nc(c(-c5cc[c-]cc5)c5ccc2[nH]5)C=C4)C=C3)cc1.[V].[W]. The second kappa shape index (κ2) is 16.4. The fraction of sp³-hybridized carbons (Fsp3) is 0.0682. The number of H-pyrrole nitrogens is 2. The first kappa shape index (κ1) is 38.2. The molecule has 0 atom stereocenters. The Morgan fingerprint density at radius 2 is 0.696 bits per heavy atom. The zero-order chi connectivity index (χ0) is 36.6. The van der Waals surface area contributed by atoms with Crippen LogP contribution in [-0.4, -0.2) is 41.3 Å². The molecule has 2 aliphatic heterocycles. The zero-order valence-electron chi connectivity index (χ0n) is 30.7. The maximum Gasteiger partial charge on any atom is 0.223 e. The predicted molar refractivity (Wildman–Crippen MR) is 208 cm³/mol. The van der Waals surface area contributed by atoms with Gasteiger partial charge < -0.3 is 9.97 Å². The summed E-state index contributed by atoms with van der Waals surface area (Å²) in [7, 11) is 4.92. The van der Waals surface area contributed by atoms with Crippen molar-refractivity contribution in [1.29, 1.82) is 0 Å². The van der Waals surface area contributed by atoms with E-state index in [9.17, 15) is 0 Å². The maximum absolute atomic E-state index is 5.44. The molecular weight excluding hydrogens is 909 g/mol. The van der Waals surface area contributed by atoms with Gasteiger partial charge in [-0.1, -0.05) is 0 Å². The van der Waals surface area contributed by atoms with Gasteiger partial charge in [-0.25, -0.2) is 9.97 Å². The quantitative estimate of drug-likeness (QED) is 0.148. The molecule has 12 heteroatoms. The van der Waals surface area contributed by atoms with Crippen LogP contribution in [0.2, 0.25) is 0 Å². The van der Waals surface area contributed by atoms with E-state index >= 15 is 0 Å². The molecule has 2 N–H and O–H groups in total. The van der Waals surface area contributed by atoms with E-state index in [1.54, 1.807) is 35.5 Å². The molecule has 0 unspecified atom stereocenters. The van der Waals surface area contributed by atoms with Crippen LogP contribution >= 0.6 is 0 Å². The molecule has 8 heterocycles. The topological polar surface area (TPSA) is 96.7 Å². The van der Waals surface area contributed by atoms with Crippen molar-refractivity contribution < 1.29 is 68.3 Å². The smallest absolute Gasteiger partial charge is 0.223 e. The molecule has 10 nitrogen and oxygen atoms in total. The van der Waals surface area contributed by atoms with Crippen LogP contribution in [0.3, 0.4) is 0 Å². The number of benzene rings is 1. The van der Waals surface area contributed by atoms with Gasteiger partial charge in [0.15, 0.2) is 0 Å². The molecular formula is C44H35N7O3VW+2. The molecule has 1 aromatic carbocycles. The van der Waals surface area contributed by atoms with Crippen molar-refractivity contribution in [2.24, 2.45) is 0 Å². The van der Waals surface area contributed by atoms with Gasteiger partial charge in [0.1, 0.15) is 21.3 Å². The minimum Gasteiger partial charge on any atom is -0.354 e. The molecule has 7 aromatic rings. The van der Waals surface area contributed by atoms with Crippen molar-refractivity contribution in [3.63, 3.8) is 0 Å². The standard InChI is InChI=1S/C44H34N7O3.V.W/c1-52-49-23-17-30(18-24-49)42-35-11-9-33(45-35)41(29-7-5-4-6-8-29)34-10-12-36(46-34)43(31-19-25-50(53-2)26-20-31)38-14-16-40(48-38)44(39-15-13-37(42)47-39)32-21-27-51(54-3)28-22-32;;/h5-28H,1-3H3,(H,45,46,47,48);;/q+1;;/p+1. The average molecular weight is 945 g/mol. The molecule has 0 aliphatic carbocycles. The summed E-state index contributed by atoms with van der Waals surface area (Å²) in [4.78, 5) is 34.6. The van der Waals surface area contributed by atoms with Crippen molar-refractivity contribution in [2.75, 3.05) is 21.3 Å². The van der Waals surface area contributed by atoms with Crippen molar-refractivity contribution in [3.05, 3.63) is 151 Å². The van der Waals surface area contributed by atoms with Crippen LogP contribution in [0.1, 0.15) is 22.8 Å². The van der Waals surface area contributed by atoms with Crippen molar-refractivity contribution in [1.82, 2.24) is 19.9 Å². The number of pyridine rings is 3. The van der Waals surface area contributed by atoms with E-state index in [4.69, 9.17) is 24.5 Å². The zero-order valence-corrected chi connectivity index (χ0v) is 35.0. The summed E-state index contributed by atoms with van der Waals surface area (Å²) in [5.74, 6) is 0. The largest absolute Gasteiger partial charge is 0.354 e. The van der Waals surface area contributed by atoms with Crippen molar-refractivity contribution >= 4 is 46.4 Å². The maximum atomic E-state index is 5.44. The van der Waals surface area contributed by atoms with Crippen LogP contribution < -0.4 is 28.7 Å². The molecule has 0 saturated carbocycles. The van der Waals surface area contributed by atoms with Crippen LogP contribution in [-0.2, 0) is 39.6 Å². The van der Waals surface area contributed by atoms with E-state index in [2.05, 4.69) is 76.7 Å². The van der Waals surface area contributed by atoms with Gasteiger partial charge in [0.2, 0.25) is 37.2 Å². The van der Waals surface area contributed by atoms with Gasteiger partial charge in [0.05, 0.1) is 22.8 Å². The molecule has 9 rings (SSSR count). The Morgan fingerprint density at radius 3 is 0.964 bits per heavy atom. The van der Waals surface area contributed by atoms with E-state index < -0.39 is 0 Å². The summed E-state index contributed by atoms with van der Waals surface area (Å²) in [5, 5.41) is 0. The Kier molecular flexibility index (Phi) is 11.2. The molecule has 1 radical (unpaired) electrons. The molecule has 273 valence electrons. The number of aromatic nitrogens is 7. The van der Waals surface area contributed by atoms with Gasteiger partial charge in [0.25, 0.3) is 0 Å². The minimum atomic E-state index is 0. The predicted octanol–water partition coefficient (Wildman–Crippen LogP) is 6.16. The normalized spacial score (nSPS) is 11.4. The van der Waals surface area contributed by atoms with Gasteiger partial charge in [-0.05, 0) is 65.3 Å². The second-order valence-electron chi connectivity index (χ2n) is 12.7. The molecule has 0 fully saturated rings. The fourth-order valence-electron chi connectivity index (χ4n) is 7.08. The van der Waals surface area contributed by atoms with Gasteiger partial charge in [-0.15, -0.1) is 5.56 Å². The van der Waals surface area contributed by atoms with Crippen LogP contribution in [0.5, 0.6) is 0 Å². The number of aromatic amines is 2. The number of hydrogen-bond acceptors (Lipinski definition) is 5. The van der Waals surface area contributed by atoms with E-state index in [-0.39, 0.29) is 39.6 Å². The Morgan fingerprint density at radius 1 is 0.429 bits per heavy atom. The van der Waals surface area contributed by atoms with Gasteiger partial charge in [-0.2, -0.15) is 30.3 Å². The van der Waals surface area contributed by atoms with Crippen LogP contribution in [0.4, 0.5) is 0 Å². The summed E-state index contributed by atoms with van der Waals surface area (Å²) in [5.41, 5.74) is 14.7. The molecule has 8 bridgehead atoms. The monoisotopic (exact) mass is 944 g/mol. The number of fused-ring (bicyclic) bond motifs is 8. The molecule has 0 spiro atoms. The first-order valence-corrected chi connectivity index (χ1v) is 17.4. The summed E-state index contributed by atoms with van der Waals surface area (Å²) < 4.78 is 4.98. The summed E-state index contributed by atoms with van der Waals surface area (Å²) >= 11 is 0. The third-order valence-electron chi connectivity index (χ3n) is 9.67. The van der Waals surface area contributed by atoms with Crippen molar-refractivity contribution in [2.45, 2.75) is 0 Å². The Bertz CT molecular complexity index is 2720. The number of nitrogens with one attached hydrogen (secondary N) is 2. The number of hydrogen-bond donors (Lipinski definition) is 2. The minimum absolute atomic E-state index is 0. The third-order valence-corrected chi connectivity index (χ3v) is 9.67. The van der Waals surface area contributed by atoms with E-state index in [0.717, 1.165) is 89.4 Å². The third kappa shape index (κ3) is 7.10. The van der Waals surface area contributed by atoms with Gasteiger partial charge in [-0.3, -0.25) is 14.5 Å². The molecule has 0 saturated heterocycles. The first-order valence-electron chi connectivity index (χ1n) is 17.4. The second-order valence-corrected chi connectivity index (χ2v) is 12.7. The van der Waals surface area contributed by atoms with Crippen LogP contribution in [0, 0.1) is 6.07 Å². The van der Waals surface area contributed by atoms with Gasteiger partial charge in [0, 0.05) is 135 Å². The summed E-state index contributed by atoms with van der Waals surface area (Å²) in [6, 6.07) is 31.8. The Labute approximate surface area is 349 Å². The molecule has 6 aromatic heterocycles. The molecule has 56 heavy (non-hydrogen) atoms. The summed E-state index contributed by atoms with van der Waals surface area (Å²) in [6.07, 6.45) is 19.7. The van der Waals surface area contributed by atoms with E-state index in [1.165, 1.54) is 0 Å². The van der Waals surface area contributed by atoms with Crippen LogP contribution in [0.15, 0.2) is 122 Å². The first-order chi connectivity index (χ1) is 26.6. The van der Waals surface area contributed by atoms with Crippen molar-refractivity contribution in [3.8, 4) is 44.5 Å². The molecule has 0 amide bonds. The van der Waals surface area contributed by atoms with Crippen LogP contribution in [0.25, 0.3) is 90.9 Å². The number of nitrogens with zero attached hydrogens (tertiary/aromatic N) is 5. The van der Waals surface area contributed by atoms with Gasteiger partial charge >= 0.3 is 0 Å². The molecule has 2 aliphatic rings. The average Bonchev–Trinajstić information content (AvgIpc) is 4.07. The van der Waals surface area contributed by atoms with E-state index in [1.807, 2.05) is 85.7 Å². The number of rotatable bonds is 7. The Balaban J connectivity index is 0.00000240. The van der Waals surface area contributed by atoms with E-state index in [0.29, 0.717) is 0 Å².